The first-order valence-electron chi connectivity index (χ1n) is 11.3. The van der Waals surface area contributed by atoms with Gasteiger partial charge < -0.3 is 19.4 Å². The molecule has 1 amide bonds. The van der Waals surface area contributed by atoms with E-state index in [0.29, 0.717) is 24.5 Å². The summed E-state index contributed by atoms with van der Waals surface area (Å²) in [6.07, 6.45) is 1.81. The van der Waals surface area contributed by atoms with Crippen molar-refractivity contribution in [2.45, 2.75) is 32.9 Å². The molecule has 0 saturated carbocycles. The minimum atomic E-state index is -0.163. The molecule has 3 aromatic carbocycles. The molecule has 1 aromatic heterocycles. The van der Waals surface area contributed by atoms with Gasteiger partial charge in [-0.15, -0.1) is 0 Å². The van der Waals surface area contributed by atoms with Gasteiger partial charge in [-0.05, 0) is 73.9 Å². The Morgan fingerprint density at radius 1 is 1.03 bits per heavy atom. The van der Waals surface area contributed by atoms with Crippen LogP contribution in [0.1, 0.15) is 34.6 Å². The molecule has 176 valence electrons. The number of aromatic nitrogens is 2. The number of carbonyl (C=O) groups excluding carboxylic acids is 1. The Hall–Kier alpha value is -3.51. The van der Waals surface area contributed by atoms with Crippen LogP contribution in [-0.2, 0) is 13.1 Å². The van der Waals surface area contributed by atoms with E-state index in [0.717, 1.165) is 52.6 Å². The van der Waals surface area contributed by atoms with E-state index in [1.165, 1.54) is 0 Å². The van der Waals surface area contributed by atoms with Gasteiger partial charge in [0.05, 0.1) is 31.3 Å². The number of ether oxygens (including phenoxy) is 2. The van der Waals surface area contributed by atoms with Crippen molar-refractivity contribution < 1.29 is 14.3 Å². The lowest BCUT2D eigenvalue weighted by Crippen LogP contribution is -2.24. The molecule has 0 bridgehead atoms. The van der Waals surface area contributed by atoms with Crippen LogP contribution < -0.4 is 14.8 Å². The summed E-state index contributed by atoms with van der Waals surface area (Å²) in [5.41, 5.74) is 3.53. The summed E-state index contributed by atoms with van der Waals surface area (Å²) < 4.78 is 13.3. The molecule has 0 saturated heterocycles. The molecular formula is C27H28ClN3O3. The van der Waals surface area contributed by atoms with Crippen molar-refractivity contribution in [2.75, 3.05) is 13.7 Å². The number of imidazole rings is 1. The van der Waals surface area contributed by atoms with E-state index in [9.17, 15) is 4.79 Å². The molecule has 6 nitrogen and oxygen atoms in total. The molecule has 0 spiro atoms. The summed E-state index contributed by atoms with van der Waals surface area (Å²) >= 11 is 6.08. The summed E-state index contributed by atoms with van der Waals surface area (Å²) in [6.45, 7) is 3.71. The van der Waals surface area contributed by atoms with E-state index in [4.69, 9.17) is 26.1 Å². The van der Waals surface area contributed by atoms with E-state index < -0.39 is 0 Å². The maximum atomic E-state index is 12.7. The Bertz CT molecular complexity index is 1290. The molecule has 0 aliphatic rings. The van der Waals surface area contributed by atoms with Gasteiger partial charge in [0.2, 0.25) is 0 Å². The van der Waals surface area contributed by atoms with Crippen molar-refractivity contribution >= 4 is 28.5 Å². The monoisotopic (exact) mass is 477 g/mol. The van der Waals surface area contributed by atoms with Gasteiger partial charge in [0.1, 0.15) is 17.3 Å². The van der Waals surface area contributed by atoms with E-state index in [1.807, 2.05) is 49.4 Å². The number of para-hydroxylation sites is 2. The topological polar surface area (TPSA) is 65.4 Å². The third-order valence-electron chi connectivity index (χ3n) is 5.65. The second kappa shape index (κ2) is 11.1. The van der Waals surface area contributed by atoms with Crippen molar-refractivity contribution in [3.05, 3.63) is 88.7 Å². The fraction of sp³-hybridized carbons (Fsp3) is 0.259. The van der Waals surface area contributed by atoms with Crippen LogP contribution in [0.25, 0.3) is 11.0 Å². The number of fused-ring (bicyclic) bond motifs is 1. The predicted octanol–water partition coefficient (Wildman–Crippen LogP) is 5.80. The molecule has 4 rings (SSSR count). The summed E-state index contributed by atoms with van der Waals surface area (Å²) in [7, 11) is 1.58. The summed E-state index contributed by atoms with van der Waals surface area (Å²) in [4.78, 5) is 17.4. The third kappa shape index (κ3) is 5.69. The van der Waals surface area contributed by atoms with Crippen LogP contribution in [0.4, 0.5) is 0 Å². The highest BCUT2D eigenvalue weighted by molar-refractivity contribution is 6.31. The van der Waals surface area contributed by atoms with Crippen LogP contribution in [0.3, 0.4) is 0 Å². The van der Waals surface area contributed by atoms with Gasteiger partial charge in [0, 0.05) is 17.1 Å². The van der Waals surface area contributed by atoms with Gasteiger partial charge in [-0.2, -0.15) is 0 Å². The van der Waals surface area contributed by atoms with Crippen LogP contribution in [0.2, 0.25) is 5.02 Å². The lowest BCUT2D eigenvalue weighted by molar-refractivity contribution is 0.0949. The maximum Gasteiger partial charge on any atom is 0.251 e. The molecule has 0 unspecified atom stereocenters. The fourth-order valence-corrected chi connectivity index (χ4v) is 3.92. The Balaban J connectivity index is 1.37. The van der Waals surface area contributed by atoms with Crippen LogP contribution in [-0.4, -0.2) is 29.2 Å². The Morgan fingerprint density at radius 2 is 1.88 bits per heavy atom. The van der Waals surface area contributed by atoms with E-state index >= 15 is 0 Å². The number of hydrogen-bond acceptors (Lipinski definition) is 4. The summed E-state index contributed by atoms with van der Waals surface area (Å²) in [6, 6.07) is 20.8. The quantitative estimate of drug-likeness (QED) is 0.293. The van der Waals surface area contributed by atoms with E-state index in [2.05, 4.69) is 16.0 Å². The van der Waals surface area contributed by atoms with Crippen LogP contribution in [0.5, 0.6) is 11.5 Å². The second-order valence-electron chi connectivity index (χ2n) is 8.05. The minimum absolute atomic E-state index is 0.163. The number of nitrogens with zero attached hydrogens (tertiary/aromatic N) is 2. The number of aryl methyl sites for hydroxylation is 2. The number of methoxy groups -OCH3 is 1. The number of halogens is 1. The van der Waals surface area contributed by atoms with E-state index in [-0.39, 0.29) is 5.91 Å². The normalized spacial score (nSPS) is 10.9. The lowest BCUT2D eigenvalue weighted by atomic mass is 10.2. The van der Waals surface area contributed by atoms with Crippen LogP contribution in [0, 0.1) is 6.92 Å². The number of amides is 1. The Labute approximate surface area is 204 Å². The number of nitrogens with one attached hydrogen (secondary N) is 1. The second-order valence-corrected chi connectivity index (χ2v) is 8.46. The SMILES string of the molecule is COc1cccc(C(=O)NCc2nc3ccccc3n2CCCCOc2ccc(Cl)c(C)c2)c1. The van der Waals surface area contributed by atoms with Crippen LogP contribution >= 0.6 is 11.6 Å². The summed E-state index contributed by atoms with van der Waals surface area (Å²) in [5.74, 6) is 2.14. The zero-order valence-corrected chi connectivity index (χ0v) is 20.1. The summed E-state index contributed by atoms with van der Waals surface area (Å²) in [5, 5.41) is 3.73. The van der Waals surface area contributed by atoms with Gasteiger partial charge >= 0.3 is 0 Å². The highest BCUT2D eigenvalue weighted by Gasteiger charge is 2.13. The molecule has 0 aliphatic heterocycles. The lowest BCUT2D eigenvalue weighted by Gasteiger charge is -2.11. The van der Waals surface area contributed by atoms with Crippen molar-refractivity contribution in [2.24, 2.45) is 0 Å². The Morgan fingerprint density at radius 3 is 2.71 bits per heavy atom. The molecular weight excluding hydrogens is 450 g/mol. The highest BCUT2D eigenvalue weighted by Crippen LogP contribution is 2.22. The molecule has 0 fully saturated rings. The zero-order chi connectivity index (χ0) is 23.9. The number of hydrogen-bond donors (Lipinski definition) is 1. The molecule has 0 aliphatic carbocycles. The molecule has 1 N–H and O–H groups in total. The van der Waals surface area contributed by atoms with Crippen molar-refractivity contribution in [1.29, 1.82) is 0 Å². The average Bonchev–Trinajstić information content (AvgIpc) is 3.22. The average molecular weight is 478 g/mol. The first-order valence-corrected chi connectivity index (χ1v) is 11.7. The standard InChI is InChI=1S/C27H28ClN3O3/c1-19-16-22(12-13-23(19)28)34-15-6-5-14-31-25-11-4-3-10-24(25)30-26(31)18-29-27(32)20-8-7-9-21(17-20)33-2/h3-4,7-13,16-17H,5-6,14-15,18H2,1-2H3,(H,29,32). The first kappa shape index (κ1) is 23.6. The first-order chi connectivity index (χ1) is 16.5. The van der Waals surface area contributed by atoms with Crippen LogP contribution in [0.15, 0.2) is 66.7 Å². The van der Waals surface area contributed by atoms with Crippen molar-refractivity contribution in [3.63, 3.8) is 0 Å². The molecule has 34 heavy (non-hydrogen) atoms. The van der Waals surface area contributed by atoms with Gasteiger partial charge in [-0.1, -0.05) is 29.8 Å². The van der Waals surface area contributed by atoms with Gasteiger partial charge in [-0.3, -0.25) is 4.79 Å². The highest BCUT2D eigenvalue weighted by atomic mass is 35.5. The number of carbonyl (C=O) groups is 1. The molecule has 1 heterocycles. The maximum absolute atomic E-state index is 12.7. The van der Waals surface area contributed by atoms with Gasteiger partial charge in [0.15, 0.2) is 0 Å². The molecule has 0 radical (unpaired) electrons. The Kier molecular flexibility index (Phi) is 7.70. The van der Waals surface area contributed by atoms with E-state index in [1.54, 1.807) is 25.3 Å². The molecule has 7 heteroatoms. The fourth-order valence-electron chi connectivity index (χ4n) is 3.80. The molecule has 0 atom stereocenters. The predicted molar refractivity (Wildman–Crippen MR) is 135 cm³/mol. The number of rotatable bonds is 10. The zero-order valence-electron chi connectivity index (χ0n) is 19.4. The van der Waals surface area contributed by atoms with Gasteiger partial charge in [0.25, 0.3) is 5.91 Å². The smallest absolute Gasteiger partial charge is 0.251 e. The number of benzene rings is 3. The van der Waals surface area contributed by atoms with Crippen molar-refractivity contribution in [3.8, 4) is 11.5 Å². The van der Waals surface area contributed by atoms with Crippen molar-refractivity contribution in [1.82, 2.24) is 14.9 Å². The minimum Gasteiger partial charge on any atom is -0.497 e. The largest absolute Gasteiger partial charge is 0.497 e. The van der Waals surface area contributed by atoms with Gasteiger partial charge in [-0.25, -0.2) is 4.98 Å². The third-order valence-corrected chi connectivity index (χ3v) is 6.07. The number of unbranched alkanes of at least 4 members (excludes halogenated alkanes) is 1. The molecule has 4 aromatic rings.